The molecule has 2 aromatic carbocycles. The van der Waals surface area contributed by atoms with E-state index in [0.29, 0.717) is 17.1 Å². The van der Waals surface area contributed by atoms with Crippen LogP contribution in [0.2, 0.25) is 0 Å². The normalized spacial score (nSPS) is 10.3. The van der Waals surface area contributed by atoms with Crippen LogP contribution >= 0.6 is 15.9 Å². The first-order chi connectivity index (χ1) is 10.2. The lowest BCUT2D eigenvalue weighted by molar-refractivity contribution is 0.895. The molecule has 0 aliphatic rings. The minimum atomic E-state index is 0.346. The Morgan fingerprint density at radius 2 is 1.71 bits per heavy atom. The maximum atomic E-state index is 9.37. The topological polar surface area (TPSA) is 67.6 Å². The summed E-state index contributed by atoms with van der Waals surface area (Å²) in [5, 5.41) is 13.9. The van der Waals surface area contributed by atoms with Crippen molar-refractivity contribution in [1.29, 1.82) is 5.26 Å². The molecule has 0 fully saturated rings. The van der Waals surface area contributed by atoms with Gasteiger partial charge in [-0.2, -0.15) is 10.4 Å². The fourth-order valence-corrected chi connectivity index (χ4v) is 2.38. The van der Waals surface area contributed by atoms with Crippen LogP contribution in [0.15, 0.2) is 59.1 Å². The Morgan fingerprint density at radius 1 is 1.05 bits per heavy atom. The van der Waals surface area contributed by atoms with Crippen molar-refractivity contribution < 1.29 is 0 Å². The lowest BCUT2D eigenvalue weighted by Crippen LogP contribution is -2.02. The maximum absolute atomic E-state index is 9.37. The SMILES string of the molecule is N#Cc1c(-c2ccccc2)nn(-c2ccc(Br)cc2)c1N. The molecule has 102 valence electrons. The summed E-state index contributed by atoms with van der Waals surface area (Å²) in [4.78, 5) is 0. The summed E-state index contributed by atoms with van der Waals surface area (Å²) in [5.41, 5.74) is 8.76. The van der Waals surface area contributed by atoms with Crippen molar-refractivity contribution in [3.8, 4) is 23.0 Å². The third-order valence-electron chi connectivity index (χ3n) is 3.15. The standard InChI is InChI=1S/C16H11BrN4/c17-12-6-8-13(9-7-12)21-16(19)14(10-18)15(20-21)11-4-2-1-3-5-11/h1-9H,19H2. The number of nitrogen functional groups attached to an aromatic ring is 1. The van der Waals surface area contributed by atoms with Crippen molar-refractivity contribution in [3.05, 3.63) is 64.6 Å². The largest absolute Gasteiger partial charge is 0.382 e. The molecule has 0 unspecified atom stereocenters. The average Bonchev–Trinajstić information content (AvgIpc) is 2.86. The zero-order valence-electron chi connectivity index (χ0n) is 11.0. The highest BCUT2D eigenvalue weighted by molar-refractivity contribution is 9.10. The van der Waals surface area contributed by atoms with Gasteiger partial charge in [0.15, 0.2) is 0 Å². The third kappa shape index (κ3) is 2.41. The fraction of sp³-hybridized carbons (Fsp3) is 0. The van der Waals surface area contributed by atoms with Gasteiger partial charge in [0.25, 0.3) is 0 Å². The summed E-state index contributed by atoms with van der Waals surface area (Å²) < 4.78 is 2.56. The molecular formula is C16H11BrN4. The Labute approximate surface area is 130 Å². The van der Waals surface area contributed by atoms with Crippen molar-refractivity contribution in [2.24, 2.45) is 0 Å². The molecule has 0 aliphatic carbocycles. The number of nitriles is 1. The molecule has 0 amide bonds. The van der Waals surface area contributed by atoms with Gasteiger partial charge in [0.2, 0.25) is 0 Å². The van der Waals surface area contributed by atoms with Crippen LogP contribution in [-0.2, 0) is 0 Å². The molecule has 3 aromatic rings. The average molecular weight is 339 g/mol. The number of hydrogen-bond donors (Lipinski definition) is 1. The van der Waals surface area contributed by atoms with E-state index < -0.39 is 0 Å². The van der Waals surface area contributed by atoms with Gasteiger partial charge in [-0.25, -0.2) is 4.68 Å². The molecule has 1 aromatic heterocycles. The summed E-state index contributed by atoms with van der Waals surface area (Å²) in [5.74, 6) is 0.346. The molecule has 0 atom stereocenters. The zero-order chi connectivity index (χ0) is 14.8. The first-order valence-corrected chi connectivity index (χ1v) is 7.10. The van der Waals surface area contributed by atoms with Gasteiger partial charge in [0.05, 0.1) is 5.69 Å². The van der Waals surface area contributed by atoms with E-state index in [-0.39, 0.29) is 0 Å². The number of aromatic nitrogens is 2. The lowest BCUT2D eigenvalue weighted by Gasteiger charge is -2.03. The lowest BCUT2D eigenvalue weighted by atomic mass is 10.1. The second-order valence-electron chi connectivity index (χ2n) is 4.47. The Kier molecular flexibility index (Phi) is 3.46. The highest BCUT2D eigenvalue weighted by Gasteiger charge is 2.17. The van der Waals surface area contributed by atoms with E-state index in [4.69, 9.17) is 5.73 Å². The zero-order valence-corrected chi connectivity index (χ0v) is 12.6. The number of nitrogens with two attached hydrogens (primary N) is 1. The molecule has 1 heterocycles. The number of nitrogens with zero attached hydrogens (tertiary/aromatic N) is 3. The molecule has 21 heavy (non-hydrogen) atoms. The van der Waals surface area contributed by atoms with E-state index in [1.54, 1.807) is 4.68 Å². The first kappa shape index (κ1) is 13.4. The van der Waals surface area contributed by atoms with Gasteiger partial charge < -0.3 is 5.73 Å². The van der Waals surface area contributed by atoms with E-state index >= 15 is 0 Å². The van der Waals surface area contributed by atoms with Crippen LogP contribution in [0, 0.1) is 11.3 Å². The van der Waals surface area contributed by atoms with Crippen LogP contribution in [0.3, 0.4) is 0 Å². The first-order valence-electron chi connectivity index (χ1n) is 6.30. The minimum Gasteiger partial charge on any atom is -0.382 e. The van der Waals surface area contributed by atoms with Crippen LogP contribution in [-0.4, -0.2) is 9.78 Å². The maximum Gasteiger partial charge on any atom is 0.145 e. The minimum absolute atomic E-state index is 0.346. The van der Waals surface area contributed by atoms with Gasteiger partial charge in [-0.05, 0) is 24.3 Å². The summed E-state index contributed by atoms with van der Waals surface area (Å²) in [6.45, 7) is 0. The molecule has 4 nitrogen and oxygen atoms in total. The Bertz CT molecular complexity index is 814. The van der Waals surface area contributed by atoms with Crippen LogP contribution in [0.25, 0.3) is 16.9 Å². The predicted molar refractivity (Wildman–Crippen MR) is 85.8 cm³/mol. The number of rotatable bonds is 2. The Balaban J connectivity index is 2.19. The van der Waals surface area contributed by atoms with Crippen LogP contribution in [0.1, 0.15) is 5.56 Å². The van der Waals surface area contributed by atoms with Crippen molar-refractivity contribution in [2.75, 3.05) is 5.73 Å². The summed E-state index contributed by atoms with van der Waals surface area (Å²) >= 11 is 3.39. The van der Waals surface area contributed by atoms with E-state index in [1.807, 2.05) is 54.6 Å². The Morgan fingerprint density at radius 3 is 2.33 bits per heavy atom. The summed E-state index contributed by atoms with van der Waals surface area (Å²) in [7, 11) is 0. The molecule has 3 rings (SSSR count). The van der Waals surface area contributed by atoms with Crippen molar-refractivity contribution in [2.45, 2.75) is 0 Å². The van der Waals surface area contributed by atoms with Crippen molar-refractivity contribution >= 4 is 21.7 Å². The molecule has 2 N–H and O–H groups in total. The predicted octanol–water partition coefficient (Wildman–Crippen LogP) is 3.76. The molecule has 0 aliphatic heterocycles. The second kappa shape index (κ2) is 5.43. The monoisotopic (exact) mass is 338 g/mol. The van der Waals surface area contributed by atoms with Crippen LogP contribution < -0.4 is 5.73 Å². The Hall–Kier alpha value is -2.58. The van der Waals surface area contributed by atoms with Gasteiger partial charge in [0.1, 0.15) is 23.1 Å². The summed E-state index contributed by atoms with van der Waals surface area (Å²) in [6.07, 6.45) is 0. The van der Waals surface area contributed by atoms with Crippen molar-refractivity contribution in [1.82, 2.24) is 9.78 Å². The molecular weight excluding hydrogens is 328 g/mol. The van der Waals surface area contributed by atoms with Gasteiger partial charge in [0, 0.05) is 10.0 Å². The van der Waals surface area contributed by atoms with Crippen LogP contribution in [0.4, 0.5) is 5.82 Å². The van der Waals surface area contributed by atoms with Gasteiger partial charge >= 0.3 is 0 Å². The van der Waals surface area contributed by atoms with Gasteiger partial charge in [-0.3, -0.25) is 0 Å². The smallest absolute Gasteiger partial charge is 0.145 e. The molecule has 5 heteroatoms. The molecule has 0 spiro atoms. The molecule has 0 radical (unpaired) electrons. The highest BCUT2D eigenvalue weighted by atomic mass is 79.9. The molecule has 0 bridgehead atoms. The third-order valence-corrected chi connectivity index (χ3v) is 3.68. The number of benzene rings is 2. The van der Waals surface area contributed by atoms with Gasteiger partial charge in [-0.15, -0.1) is 0 Å². The van der Waals surface area contributed by atoms with E-state index in [9.17, 15) is 5.26 Å². The fourth-order valence-electron chi connectivity index (χ4n) is 2.12. The van der Waals surface area contributed by atoms with Crippen LogP contribution in [0.5, 0.6) is 0 Å². The van der Waals surface area contributed by atoms with E-state index in [2.05, 4.69) is 27.1 Å². The van der Waals surface area contributed by atoms with E-state index in [1.165, 1.54) is 0 Å². The number of anilines is 1. The number of hydrogen-bond acceptors (Lipinski definition) is 3. The number of halogens is 1. The van der Waals surface area contributed by atoms with Gasteiger partial charge in [-0.1, -0.05) is 46.3 Å². The molecule has 0 saturated carbocycles. The molecule has 0 saturated heterocycles. The van der Waals surface area contributed by atoms with Crippen molar-refractivity contribution in [3.63, 3.8) is 0 Å². The highest BCUT2D eigenvalue weighted by Crippen LogP contribution is 2.28. The van der Waals surface area contributed by atoms with E-state index in [0.717, 1.165) is 15.7 Å². The quantitative estimate of drug-likeness (QED) is 0.773. The summed E-state index contributed by atoms with van der Waals surface area (Å²) in [6, 6.07) is 19.3. The second-order valence-corrected chi connectivity index (χ2v) is 5.39.